The van der Waals surface area contributed by atoms with Crippen LogP contribution in [-0.2, 0) is 14.8 Å². The van der Waals surface area contributed by atoms with Gasteiger partial charge in [-0.25, -0.2) is 18.2 Å². The number of rotatable bonds is 7. The molecule has 2 aromatic carbocycles. The number of benzene rings is 2. The van der Waals surface area contributed by atoms with Crippen molar-refractivity contribution in [3.05, 3.63) is 66.3 Å². The highest BCUT2D eigenvalue weighted by Gasteiger charge is 2.15. The number of thiazole rings is 1. The van der Waals surface area contributed by atoms with Gasteiger partial charge in [-0.15, -0.1) is 11.3 Å². The van der Waals surface area contributed by atoms with Crippen molar-refractivity contribution in [3.63, 3.8) is 0 Å². The Labute approximate surface area is 170 Å². The van der Waals surface area contributed by atoms with Crippen LogP contribution in [-0.4, -0.2) is 35.5 Å². The Morgan fingerprint density at radius 3 is 2.52 bits per heavy atom. The van der Waals surface area contributed by atoms with Crippen LogP contribution in [0.5, 0.6) is 5.75 Å². The van der Waals surface area contributed by atoms with E-state index in [0.717, 1.165) is 16.2 Å². The zero-order valence-electron chi connectivity index (χ0n) is 14.8. The average molecular weight is 429 g/mol. The predicted molar refractivity (Wildman–Crippen MR) is 109 cm³/mol. The molecule has 29 heavy (non-hydrogen) atoms. The number of hydrogen-bond donors (Lipinski definition) is 2. The fourth-order valence-electron chi connectivity index (χ4n) is 2.65. The standard InChI is InChI=1S/C19H15N3O5S2/c23-18(24)12-27-15-5-7-16(8-6-15)29(25,26)21-14-3-1-13(2-4-14)17-11-22-9-10-28-19(22)20-17/h1-11,21H,12H2,(H,23,24). The minimum atomic E-state index is -3.79. The van der Waals surface area contributed by atoms with Crippen LogP contribution in [0.4, 0.5) is 5.69 Å². The monoisotopic (exact) mass is 429 g/mol. The van der Waals surface area contributed by atoms with E-state index >= 15 is 0 Å². The number of carbonyl (C=O) groups is 1. The number of sulfonamides is 1. The summed E-state index contributed by atoms with van der Waals surface area (Å²) in [5, 5.41) is 10.6. The maximum absolute atomic E-state index is 12.6. The van der Waals surface area contributed by atoms with Crippen molar-refractivity contribution in [2.75, 3.05) is 11.3 Å². The summed E-state index contributed by atoms with van der Waals surface area (Å²) < 4.78 is 34.6. The number of ether oxygens (including phenoxy) is 1. The number of aliphatic carboxylic acids is 1. The number of imidazole rings is 1. The van der Waals surface area contributed by atoms with Gasteiger partial charge >= 0.3 is 5.97 Å². The number of nitrogens with zero attached hydrogens (tertiary/aromatic N) is 2. The molecular weight excluding hydrogens is 414 g/mol. The number of nitrogens with one attached hydrogen (secondary N) is 1. The molecule has 148 valence electrons. The third kappa shape index (κ3) is 4.23. The maximum atomic E-state index is 12.6. The van der Waals surface area contributed by atoms with Crippen molar-refractivity contribution in [1.82, 2.24) is 9.38 Å². The second-order valence-electron chi connectivity index (χ2n) is 6.06. The molecule has 0 aliphatic heterocycles. The summed E-state index contributed by atoms with van der Waals surface area (Å²) in [7, 11) is -3.79. The first-order valence-corrected chi connectivity index (χ1v) is 10.8. The van der Waals surface area contributed by atoms with Crippen LogP contribution < -0.4 is 9.46 Å². The van der Waals surface area contributed by atoms with E-state index in [9.17, 15) is 13.2 Å². The van der Waals surface area contributed by atoms with Gasteiger partial charge in [0.05, 0.1) is 10.6 Å². The molecule has 0 bridgehead atoms. The van der Waals surface area contributed by atoms with Crippen LogP contribution >= 0.6 is 11.3 Å². The Kier molecular flexibility index (Phi) is 4.95. The van der Waals surface area contributed by atoms with Crippen LogP contribution in [0.3, 0.4) is 0 Å². The largest absolute Gasteiger partial charge is 0.482 e. The Hall–Kier alpha value is -3.37. The van der Waals surface area contributed by atoms with Gasteiger partial charge in [0, 0.05) is 29.0 Å². The van der Waals surface area contributed by atoms with Gasteiger partial charge in [-0.2, -0.15) is 0 Å². The van der Waals surface area contributed by atoms with Crippen LogP contribution in [0.25, 0.3) is 16.2 Å². The van der Waals surface area contributed by atoms with Gasteiger partial charge in [-0.1, -0.05) is 12.1 Å². The fourth-order valence-corrected chi connectivity index (χ4v) is 4.41. The second kappa shape index (κ2) is 7.57. The number of carboxylic acid groups (broad SMARTS) is 1. The van der Waals surface area contributed by atoms with Crippen LogP contribution in [0.1, 0.15) is 0 Å². The van der Waals surface area contributed by atoms with Crippen LogP contribution in [0.2, 0.25) is 0 Å². The topological polar surface area (TPSA) is 110 Å². The van der Waals surface area contributed by atoms with Crippen molar-refractivity contribution in [2.45, 2.75) is 4.90 Å². The summed E-state index contributed by atoms with van der Waals surface area (Å²) in [6.45, 7) is -0.495. The Bertz CT molecular complexity index is 1230. The quantitative estimate of drug-likeness (QED) is 0.466. The van der Waals surface area contributed by atoms with E-state index in [0.29, 0.717) is 5.69 Å². The van der Waals surface area contributed by atoms with E-state index in [1.54, 1.807) is 24.3 Å². The highest BCUT2D eigenvalue weighted by Crippen LogP contribution is 2.24. The third-order valence-corrected chi connectivity index (χ3v) is 6.19. The zero-order chi connectivity index (χ0) is 20.4. The number of anilines is 1. The number of fused-ring (bicyclic) bond motifs is 1. The molecule has 2 heterocycles. The summed E-state index contributed by atoms with van der Waals surface area (Å²) in [4.78, 5) is 16.0. The lowest BCUT2D eigenvalue weighted by Gasteiger charge is -2.09. The molecule has 0 amide bonds. The molecule has 0 spiro atoms. The van der Waals surface area contributed by atoms with E-state index < -0.39 is 22.6 Å². The number of aromatic nitrogens is 2. The molecular formula is C19H15N3O5S2. The summed E-state index contributed by atoms with van der Waals surface area (Å²) in [6.07, 6.45) is 3.84. The van der Waals surface area contributed by atoms with Gasteiger partial charge in [0.25, 0.3) is 10.0 Å². The molecule has 0 radical (unpaired) electrons. The molecule has 4 rings (SSSR count). The van der Waals surface area contributed by atoms with Gasteiger partial charge in [-0.3, -0.25) is 9.12 Å². The van der Waals surface area contributed by atoms with Crippen LogP contribution in [0, 0.1) is 0 Å². The molecule has 0 saturated carbocycles. The Morgan fingerprint density at radius 1 is 1.14 bits per heavy atom. The summed E-state index contributed by atoms with van der Waals surface area (Å²) in [5.74, 6) is -0.835. The molecule has 4 aromatic rings. The molecule has 2 aromatic heterocycles. The minimum absolute atomic E-state index is 0.0404. The van der Waals surface area contributed by atoms with E-state index in [4.69, 9.17) is 9.84 Å². The van der Waals surface area contributed by atoms with Crippen molar-refractivity contribution in [1.29, 1.82) is 0 Å². The van der Waals surface area contributed by atoms with Gasteiger partial charge < -0.3 is 9.84 Å². The number of carboxylic acids is 1. The first kappa shape index (κ1) is 19.0. The molecule has 0 fully saturated rings. The molecule has 0 aliphatic carbocycles. The molecule has 0 atom stereocenters. The second-order valence-corrected chi connectivity index (χ2v) is 8.61. The van der Waals surface area contributed by atoms with Gasteiger partial charge in [0.1, 0.15) is 5.75 Å². The highest BCUT2D eigenvalue weighted by atomic mass is 32.2. The normalized spacial score (nSPS) is 11.4. The van der Waals surface area contributed by atoms with Crippen molar-refractivity contribution < 1.29 is 23.1 Å². The summed E-state index contributed by atoms with van der Waals surface area (Å²) in [5.41, 5.74) is 2.10. The molecule has 2 N–H and O–H groups in total. The predicted octanol–water partition coefficient (Wildman–Crippen LogP) is 3.33. The molecule has 8 nitrogen and oxygen atoms in total. The lowest BCUT2D eigenvalue weighted by atomic mass is 10.1. The summed E-state index contributed by atoms with van der Waals surface area (Å²) in [6, 6.07) is 12.5. The van der Waals surface area contributed by atoms with Gasteiger partial charge in [0.2, 0.25) is 0 Å². The Balaban J connectivity index is 1.47. The van der Waals surface area contributed by atoms with E-state index in [1.165, 1.54) is 35.6 Å². The van der Waals surface area contributed by atoms with Crippen molar-refractivity contribution in [3.8, 4) is 17.0 Å². The van der Waals surface area contributed by atoms with Crippen molar-refractivity contribution in [2.24, 2.45) is 0 Å². The van der Waals surface area contributed by atoms with E-state index in [1.807, 2.05) is 22.2 Å². The molecule has 0 aliphatic rings. The average Bonchev–Trinajstić information content (AvgIpc) is 3.29. The smallest absolute Gasteiger partial charge is 0.341 e. The summed E-state index contributed by atoms with van der Waals surface area (Å²) >= 11 is 1.54. The molecule has 0 saturated heterocycles. The van der Waals surface area contributed by atoms with Crippen molar-refractivity contribution >= 4 is 38.0 Å². The van der Waals surface area contributed by atoms with Gasteiger partial charge in [-0.05, 0) is 36.4 Å². The highest BCUT2D eigenvalue weighted by molar-refractivity contribution is 7.92. The van der Waals surface area contributed by atoms with Crippen LogP contribution in [0.15, 0.2) is 71.2 Å². The van der Waals surface area contributed by atoms with E-state index in [-0.39, 0.29) is 10.6 Å². The number of hydrogen-bond acceptors (Lipinski definition) is 6. The van der Waals surface area contributed by atoms with Gasteiger partial charge in [0.15, 0.2) is 11.6 Å². The van der Waals surface area contributed by atoms with E-state index in [2.05, 4.69) is 9.71 Å². The SMILES string of the molecule is O=C(O)COc1ccc(S(=O)(=O)Nc2ccc(-c3cn4ccsc4n3)cc2)cc1. The minimum Gasteiger partial charge on any atom is -0.482 e. The first-order chi connectivity index (χ1) is 13.9. The third-order valence-electron chi connectivity index (χ3n) is 4.02. The maximum Gasteiger partial charge on any atom is 0.341 e. The Morgan fingerprint density at radius 2 is 1.86 bits per heavy atom. The molecule has 10 heteroatoms. The zero-order valence-corrected chi connectivity index (χ0v) is 16.5. The lowest BCUT2D eigenvalue weighted by molar-refractivity contribution is -0.139. The molecule has 0 unspecified atom stereocenters. The lowest BCUT2D eigenvalue weighted by Crippen LogP contribution is -2.13. The first-order valence-electron chi connectivity index (χ1n) is 8.41. The fraction of sp³-hybridized carbons (Fsp3) is 0.0526.